The molecule has 0 spiro atoms. The maximum absolute atomic E-state index is 7.26. The van der Waals surface area contributed by atoms with Crippen LogP contribution in [0.3, 0.4) is 0 Å². The molecule has 0 aliphatic rings. The van der Waals surface area contributed by atoms with Crippen LogP contribution in [0.2, 0.25) is 0 Å². The van der Waals surface area contributed by atoms with Crippen LogP contribution in [0.15, 0.2) is 206 Å². The van der Waals surface area contributed by atoms with Crippen LogP contribution in [0.1, 0.15) is 24.0 Å². The van der Waals surface area contributed by atoms with Gasteiger partial charge in [-0.1, -0.05) is 133 Å². The Morgan fingerprint density at radius 1 is 0.339 bits per heavy atom. The fraction of sp³-hybridized carbons (Fsp3) is 0.0714. The molecule has 310 valence electrons. The van der Waals surface area contributed by atoms with E-state index in [9.17, 15) is 0 Å². The molecule has 8 aromatic carbocycles. The number of hydrogen-bond acceptors (Lipinski definition) is 2. The van der Waals surface area contributed by atoms with Gasteiger partial charge in [0, 0.05) is 9.40 Å². The Bertz CT molecular complexity index is 2740. The summed E-state index contributed by atoms with van der Waals surface area (Å²) in [5.74, 6) is 4.98. The molecule has 10 rings (SSSR count). The Labute approximate surface area is 408 Å². The van der Waals surface area contributed by atoms with Gasteiger partial charge in [-0.15, -0.1) is 23.3 Å². The first-order valence-corrected chi connectivity index (χ1v) is 25.4. The van der Waals surface area contributed by atoms with E-state index in [1.807, 2.05) is 36.4 Å². The van der Waals surface area contributed by atoms with Crippen LogP contribution in [0.25, 0.3) is 40.3 Å². The van der Waals surface area contributed by atoms with Crippen molar-refractivity contribution in [2.24, 2.45) is 0 Å². The van der Waals surface area contributed by atoms with Crippen LogP contribution in [-0.2, 0) is 44.8 Å². The van der Waals surface area contributed by atoms with Gasteiger partial charge in [0.15, 0.2) is 0 Å². The first-order chi connectivity index (χ1) is 29.7. The number of rotatable bonds is 9. The second kappa shape index (κ2) is 23.9. The molecule has 0 saturated heterocycles. The number of thiophene rings is 2. The van der Waals surface area contributed by atoms with E-state index >= 15 is 0 Å². The van der Waals surface area contributed by atoms with E-state index in [0.717, 1.165) is 20.5 Å². The molecule has 0 fully saturated rings. The average molecular weight is 1240 g/mol. The fourth-order valence-electron chi connectivity index (χ4n) is 7.76. The molecule has 6 heteroatoms. The third kappa shape index (κ3) is 11.4. The Morgan fingerprint density at radius 2 is 0.629 bits per heavy atom. The molecule has 0 unspecified atom stereocenters. The molecular formula is C56H44Au2P2S2+2. The van der Waals surface area contributed by atoms with Crippen molar-refractivity contribution in [2.75, 3.05) is 12.3 Å². The zero-order valence-electron chi connectivity index (χ0n) is 33.9. The topological polar surface area (TPSA) is 0 Å². The van der Waals surface area contributed by atoms with E-state index in [1.54, 1.807) is 22.7 Å². The zero-order valence-corrected chi connectivity index (χ0v) is 41.8. The molecule has 62 heavy (non-hydrogen) atoms. The van der Waals surface area contributed by atoms with Crippen molar-refractivity contribution in [1.82, 2.24) is 0 Å². The SMILES string of the molecule is [Au+].[Au+].[C-]#Cc1cccc2c1sc1ccccc12.[C-]#Cc1cccc2c1sc1ccccc12.c1ccc([PH+](CCCC[PH+](c2ccccc2)c2ccccc2)c2ccccc2)cc1. The minimum atomic E-state index is -0.714. The Morgan fingerprint density at radius 3 is 0.952 bits per heavy atom. The van der Waals surface area contributed by atoms with E-state index in [4.69, 9.17) is 12.8 Å². The molecule has 0 atom stereocenters. The van der Waals surface area contributed by atoms with Crippen LogP contribution in [0.4, 0.5) is 0 Å². The summed E-state index contributed by atoms with van der Waals surface area (Å²) in [7, 11) is -1.43. The van der Waals surface area contributed by atoms with Gasteiger partial charge in [-0.2, -0.15) is 22.7 Å². The second-order valence-corrected chi connectivity index (χ2v) is 21.8. The van der Waals surface area contributed by atoms with E-state index < -0.39 is 15.8 Å². The van der Waals surface area contributed by atoms with Crippen molar-refractivity contribution >= 4 is 100 Å². The average Bonchev–Trinajstić information content (AvgIpc) is 3.91. The molecule has 0 saturated carbocycles. The number of unbranched alkanes of at least 4 members (excludes halogenated alkanes) is 1. The molecule has 0 bridgehead atoms. The summed E-state index contributed by atoms with van der Waals surface area (Å²) < 4.78 is 4.87. The van der Waals surface area contributed by atoms with Gasteiger partial charge < -0.3 is 12.8 Å². The monoisotopic (exact) mass is 1240 g/mol. The van der Waals surface area contributed by atoms with E-state index in [-0.39, 0.29) is 44.8 Å². The molecule has 0 aliphatic carbocycles. The molecule has 0 N–H and O–H groups in total. The van der Waals surface area contributed by atoms with Gasteiger partial charge >= 0.3 is 44.8 Å². The summed E-state index contributed by atoms with van der Waals surface area (Å²) in [6.07, 6.45) is 19.7. The van der Waals surface area contributed by atoms with Crippen molar-refractivity contribution in [1.29, 1.82) is 0 Å². The van der Waals surface area contributed by atoms with E-state index in [2.05, 4.69) is 182 Å². The Balaban J connectivity index is 0.000000168. The zero-order chi connectivity index (χ0) is 40.9. The van der Waals surface area contributed by atoms with Gasteiger partial charge in [0.05, 0.1) is 49.4 Å². The van der Waals surface area contributed by atoms with Gasteiger partial charge in [-0.3, -0.25) is 11.8 Å². The van der Waals surface area contributed by atoms with Crippen LogP contribution in [-0.4, -0.2) is 12.3 Å². The van der Waals surface area contributed by atoms with Crippen molar-refractivity contribution in [2.45, 2.75) is 12.8 Å². The Hall–Kier alpha value is -4.34. The molecule has 0 aliphatic heterocycles. The summed E-state index contributed by atoms with van der Waals surface area (Å²) in [6, 6.07) is 73.4. The van der Waals surface area contributed by atoms with Crippen molar-refractivity contribution in [3.63, 3.8) is 0 Å². The molecule has 10 aromatic rings. The first-order valence-electron chi connectivity index (χ1n) is 20.3. The van der Waals surface area contributed by atoms with Gasteiger partial charge in [0.2, 0.25) is 0 Å². The largest absolute Gasteiger partial charge is 1.00 e. The number of hydrogen-bond donors (Lipinski definition) is 0. The molecule has 2 heterocycles. The van der Waals surface area contributed by atoms with E-state index in [0.29, 0.717) is 0 Å². The quantitative estimate of drug-likeness (QED) is 0.0444. The Kier molecular flexibility index (Phi) is 18.2. The maximum atomic E-state index is 7.26. The van der Waals surface area contributed by atoms with E-state index in [1.165, 1.54) is 77.3 Å². The summed E-state index contributed by atoms with van der Waals surface area (Å²) in [6.45, 7) is 0. The van der Waals surface area contributed by atoms with Gasteiger partial charge in [0.25, 0.3) is 0 Å². The number of fused-ring (bicyclic) bond motifs is 6. The predicted molar refractivity (Wildman–Crippen MR) is 271 cm³/mol. The van der Waals surface area contributed by atoms with Crippen LogP contribution < -0.4 is 21.2 Å². The standard InChI is InChI=1S/C28H28P2.2C14H7S.2Au/c1-5-15-25(16-6-1)29(26-17-7-2-8-18-26)23-13-14-24-30(27-19-9-3-10-20-27)28-21-11-4-12-22-28;2*1-2-10-6-5-8-12-11-7-3-4-9-13(11)15-14(10)12;;/h1-12,15-22H,13-14,23-24H2;2*3-9H;;/q;2*-1;2*+1/p+2. The fourth-order valence-corrected chi connectivity index (χ4v) is 15.5. The molecule has 2 aromatic heterocycles. The minimum absolute atomic E-state index is 0. The van der Waals surface area contributed by atoms with Gasteiger partial charge in [-0.25, -0.2) is 0 Å². The minimum Gasteiger partial charge on any atom is -0.366 e. The maximum Gasteiger partial charge on any atom is 1.00 e. The molecule has 0 amide bonds. The third-order valence-corrected chi connectivity index (χ3v) is 18.9. The molecular weight excluding hydrogens is 1190 g/mol. The van der Waals surface area contributed by atoms with Crippen LogP contribution in [0.5, 0.6) is 0 Å². The van der Waals surface area contributed by atoms with Crippen LogP contribution >= 0.6 is 38.5 Å². The van der Waals surface area contributed by atoms with Crippen LogP contribution in [0, 0.1) is 24.7 Å². The summed E-state index contributed by atoms with van der Waals surface area (Å²) in [5, 5.41) is 11.1. The normalized spacial score (nSPS) is 10.5. The van der Waals surface area contributed by atoms with Crippen molar-refractivity contribution < 1.29 is 44.8 Å². The summed E-state index contributed by atoms with van der Waals surface area (Å²) in [4.78, 5) is 0. The van der Waals surface area contributed by atoms with Gasteiger partial charge in [0.1, 0.15) is 0 Å². The smallest absolute Gasteiger partial charge is 0.366 e. The summed E-state index contributed by atoms with van der Waals surface area (Å²) in [5.41, 5.74) is 1.77. The molecule has 0 nitrogen and oxygen atoms in total. The van der Waals surface area contributed by atoms with Gasteiger partial charge in [-0.05, 0) is 104 Å². The predicted octanol–water partition coefficient (Wildman–Crippen LogP) is 13.5. The third-order valence-electron chi connectivity index (χ3n) is 10.7. The summed E-state index contributed by atoms with van der Waals surface area (Å²) >= 11 is 3.46. The second-order valence-electron chi connectivity index (χ2n) is 14.4. The number of benzene rings is 8. The molecule has 0 radical (unpaired) electrons. The van der Waals surface area contributed by atoms with Crippen molar-refractivity contribution in [3.8, 4) is 11.8 Å². The first kappa shape index (κ1) is 47.1. The van der Waals surface area contributed by atoms with Crippen molar-refractivity contribution in [3.05, 3.63) is 230 Å².